The molecule has 0 aliphatic carbocycles. The molecule has 2 rings (SSSR count). The molecule has 0 aliphatic heterocycles. The number of aryl methyl sites for hydroxylation is 1. The quantitative estimate of drug-likeness (QED) is 0.742. The first-order chi connectivity index (χ1) is 7.59. The third kappa shape index (κ3) is 1.58. The summed E-state index contributed by atoms with van der Waals surface area (Å²) >= 11 is 0. The minimum atomic E-state index is -0.617. The molecule has 7 heteroatoms. The van der Waals surface area contributed by atoms with Gasteiger partial charge in [0.15, 0.2) is 5.76 Å². The number of aromatic hydroxyl groups is 1. The van der Waals surface area contributed by atoms with Crippen LogP contribution in [0.1, 0.15) is 10.6 Å². The summed E-state index contributed by atoms with van der Waals surface area (Å²) in [6, 6.07) is 2.99. The average molecular weight is 223 g/mol. The van der Waals surface area contributed by atoms with Crippen LogP contribution in [0.4, 0.5) is 0 Å². The number of carbonyl (C=O) groups is 1. The van der Waals surface area contributed by atoms with Gasteiger partial charge in [0.05, 0.1) is 12.5 Å². The highest BCUT2D eigenvalue weighted by atomic mass is 16.3. The highest BCUT2D eigenvalue weighted by molar-refractivity contribution is 5.97. The highest BCUT2D eigenvalue weighted by Crippen LogP contribution is 2.04. The molecule has 0 aliphatic rings. The summed E-state index contributed by atoms with van der Waals surface area (Å²) in [5.74, 6) is -0.920. The Labute approximate surface area is 89.5 Å². The largest absolute Gasteiger partial charge is 0.492 e. The van der Waals surface area contributed by atoms with E-state index in [4.69, 9.17) is 4.42 Å². The van der Waals surface area contributed by atoms with Gasteiger partial charge in [0.1, 0.15) is 0 Å². The van der Waals surface area contributed by atoms with E-state index in [0.717, 1.165) is 9.24 Å². The van der Waals surface area contributed by atoms with Crippen LogP contribution < -0.4 is 11.1 Å². The second kappa shape index (κ2) is 3.61. The average Bonchev–Trinajstić information content (AvgIpc) is 2.83. The smallest absolute Gasteiger partial charge is 0.350 e. The summed E-state index contributed by atoms with van der Waals surface area (Å²) in [5.41, 5.74) is 1.64. The second-order valence-electron chi connectivity index (χ2n) is 3.13. The Morgan fingerprint density at radius 3 is 2.81 bits per heavy atom. The molecule has 0 aromatic carbocycles. The Balaban J connectivity index is 2.28. The summed E-state index contributed by atoms with van der Waals surface area (Å²) < 4.78 is 6.70. The van der Waals surface area contributed by atoms with Gasteiger partial charge in [-0.25, -0.2) is 10.2 Å². The monoisotopic (exact) mass is 223 g/mol. The van der Waals surface area contributed by atoms with Crippen LogP contribution in [-0.2, 0) is 7.05 Å². The topological polar surface area (TPSA) is 89.4 Å². The van der Waals surface area contributed by atoms with Gasteiger partial charge in [-0.3, -0.25) is 9.36 Å². The number of nitrogens with one attached hydrogen (secondary N) is 1. The molecule has 2 N–H and O–H groups in total. The van der Waals surface area contributed by atoms with Gasteiger partial charge in [-0.2, -0.15) is 4.68 Å². The van der Waals surface area contributed by atoms with E-state index in [1.807, 2.05) is 0 Å². The van der Waals surface area contributed by atoms with Crippen molar-refractivity contribution in [1.82, 2.24) is 9.24 Å². The molecule has 2 heterocycles. The number of furan rings is 1. The number of carbonyl (C=O) groups excluding carboxylic acids is 1. The summed E-state index contributed by atoms with van der Waals surface area (Å²) in [7, 11) is 1.46. The van der Waals surface area contributed by atoms with Crippen molar-refractivity contribution in [2.24, 2.45) is 7.05 Å². The van der Waals surface area contributed by atoms with E-state index in [1.165, 1.54) is 25.6 Å². The molecule has 0 saturated carbocycles. The molecule has 7 nitrogen and oxygen atoms in total. The van der Waals surface area contributed by atoms with Crippen LogP contribution in [0.5, 0.6) is 5.88 Å². The molecule has 2 aromatic rings. The van der Waals surface area contributed by atoms with E-state index < -0.39 is 11.6 Å². The Morgan fingerprint density at radius 2 is 2.31 bits per heavy atom. The summed E-state index contributed by atoms with van der Waals surface area (Å²) in [4.78, 5) is 22.9. The summed E-state index contributed by atoms with van der Waals surface area (Å²) in [5, 5.41) is 9.36. The van der Waals surface area contributed by atoms with Crippen LogP contribution in [0.25, 0.3) is 0 Å². The van der Waals surface area contributed by atoms with Gasteiger partial charge in [0.2, 0.25) is 5.88 Å². The summed E-state index contributed by atoms with van der Waals surface area (Å²) in [6.07, 6.45) is 2.52. The number of hydrogen-bond donors (Lipinski definition) is 2. The Hall–Kier alpha value is -2.44. The van der Waals surface area contributed by atoms with E-state index in [1.54, 1.807) is 6.07 Å². The molecule has 0 fully saturated rings. The number of nitrogens with zero attached hydrogens (tertiary/aromatic N) is 2. The lowest BCUT2D eigenvalue weighted by Gasteiger charge is -2.02. The number of aromatic nitrogens is 2. The molecule has 2 aromatic heterocycles. The van der Waals surface area contributed by atoms with Crippen molar-refractivity contribution in [3.63, 3.8) is 0 Å². The second-order valence-corrected chi connectivity index (χ2v) is 3.13. The molecule has 0 spiro atoms. The Bertz CT molecular complexity index is 564. The Kier molecular flexibility index (Phi) is 2.28. The van der Waals surface area contributed by atoms with E-state index in [0.29, 0.717) is 0 Å². The molecule has 0 saturated heterocycles. The first-order valence-corrected chi connectivity index (χ1v) is 4.42. The molecule has 0 atom stereocenters. The van der Waals surface area contributed by atoms with E-state index in [2.05, 4.69) is 5.43 Å². The minimum Gasteiger partial charge on any atom is -0.492 e. The predicted octanol–water partition coefficient (Wildman–Crippen LogP) is -0.131. The molecule has 0 bridgehead atoms. The van der Waals surface area contributed by atoms with Crippen LogP contribution in [0, 0.1) is 0 Å². The standard InChI is InChI=1S/C9H9N3O4/c1-11-5-7(13)12(9(11)15)10-8(14)6-3-2-4-16-6/h2-5,13H,1H3,(H,10,14). The zero-order chi connectivity index (χ0) is 11.7. The van der Waals surface area contributed by atoms with Crippen molar-refractivity contribution in [3.8, 4) is 5.88 Å². The van der Waals surface area contributed by atoms with Crippen LogP contribution in [0.3, 0.4) is 0 Å². The van der Waals surface area contributed by atoms with Gasteiger partial charge in [-0.1, -0.05) is 0 Å². The van der Waals surface area contributed by atoms with Crippen LogP contribution >= 0.6 is 0 Å². The van der Waals surface area contributed by atoms with Crippen LogP contribution in [-0.4, -0.2) is 20.3 Å². The van der Waals surface area contributed by atoms with Gasteiger partial charge in [0.25, 0.3) is 0 Å². The molecule has 84 valence electrons. The maximum atomic E-state index is 11.5. The normalized spacial score (nSPS) is 10.3. The lowest BCUT2D eigenvalue weighted by atomic mass is 10.4. The first-order valence-electron chi connectivity index (χ1n) is 4.42. The SMILES string of the molecule is Cn1cc(O)n(NC(=O)c2ccco2)c1=O. The number of amides is 1. The lowest BCUT2D eigenvalue weighted by molar-refractivity contribution is 0.0978. The molecule has 0 unspecified atom stereocenters. The number of hydrogen-bond acceptors (Lipinski definition) is 4. The number of imidazole rings is 1. The Morgan fingerprint density at radius 1 is 1.56 bits per heavy atom. The zero-order valence-electron chi connectivity index (χ0n) is 8.38. The fraction of sp³-hybridized carbons (Fsp3) is 0.111. The van der Waals surface area contributed by atoms with Crippen molar-refractivity contribution in [2.75, 3.05) is 5.43 Å². The van der Waals surface area contributed by atoms with Crippen molar-refractivity contribution in [3.05, 3.63) is 40.8 Å². The minimum absolute atomic E-state index is 0.0511. The van der Waals surface area contributed by atoms with Crippen molar-refractivity contribution >= 4 is 5.91 Å². The van der Waals surface area contributed by atoms with Gasteiger partial charge >= 0.3 is 11.6 Å². The molecular formula is C9H9N3O4. The van der Waals surface area contributed by atoms with Gasteiger partial charge in [-0.15, -0.1) is 0 Å². The van der Waals surface area contributed by atoms with Gasteiger partial charge in [0, 0.05) is 7.05 Å². The van der Waals surface area contributed by atoms with Crippen molar-refractivity contribution in [2.45, 2.75) is 0 Å². The van der Waals surface area contributed by atoms with Crippen molar-refractivity contribution < 1.29 is 14.3 Å². The fourth-order valence-corrected chi connectivity index (χ4v) is 1.21. The van der Waals surface area contributed by atoms with Crippen LogP contribution in [0.2, 0.25) is 0 Å². The lowest BCUT2D eigenvalue weighted by Crippen LogP contribution is -2.33. The zero-order valence-corrected chi connectivity index (χ0v) is 8.38. The number of rotatable bonds is 2. The molecule has 0 radical (unpaired) electrons. The predicted molar refractivity (Wildman–Crippen MR) is 53.7 cm³/mol. The van der Waals surface area contributed by atoms with Gasteiger partial charge in [-0.05, 0) is 12.1 Å². The molecule has 16 heavy (non-hydrogen) atoms. The fourth-order valence-electron chi connectivity index (χ4n) is 1.21. The van der Waals surface area contributed by atoms with E-state index >= 15 is 0 Å². The molecular weight excluding hydrogens is 214 g/mol. The van der Waals surface area contributed by atoms with Crippen LogP contribution in [0.15, 0.2) is 33.8 Å². The van der Waals surface area contributed by atoms with Crippen molar-refractivity contribution in [1.29, 1.82) is 0 Å². The van der Waals surface area contributed by atoms with E-state index in [9.17, 15) is 14.7 Å². The molecule has 1 amide bonds. The maximum absolute atomic E-state index is 11.5. The highest BCUT2D eigenvalue weighted by Gasteiger charge is 2.13. The third-order valence-electron chi connectivity index (χ3n) is 1.99. The van der Waals surface area contributed by atoms with Gasteiger partial charge < -0.3 is 9.52 Å². The first kappa shape index (κ1) is 10.1. The summed E-state index contributed by atoms with van der Waals surface area (Å²) in [6.45, 7) is 0. The van der Waals surface area contributed by atoms with E-state index in [-0.39, 0.29) is 11.6 Å². The maximum Gasteiger partial charge on any atom is 0.350 e. The third-order valence-corrected chi connectivity index (χ3v) is 1.99.